The lowest BCUT2D eigenvalue weighted by Crippen LogP contribution is -2.35. The van der Waals surface area contributed by atoms with Crippen molar-refractivity contribution in [3.8, 4) is 0 Å². The summed E-state index contributed by atoms with van der Waals surface area (Å²) in [4.78, 5) is 37.0. The summed E-state index contributed by atoms with van der Waals surface area (Å²) in [5.41, 5.74) is 0.0994. The van der Waals surface area contributed by atoms with E-state index in [-0.39, 0.29) is 46.9 Å². The average Bonchev–Trinajstić information content (AvgIpc) is 2.70. The van der Waals surface area contributed by atoms with Crippen molar-refractivity contribution in [2.75, 3.05) is 20.3 Å². The van der Waals surface area contributed by atoms with Gasteiger partial charge in [0.2, 0.25) is 0 Å². The zero-order valence-electron chi connectivity index (χ0n) is 18.0. The van der Waals surface area contributed by atoms with Crippen LogP contribution >= 0.6 is 0 Å². The third kappa shape index (κ3) is 5.10. The Balaban J connectivity index is 2.86. The third-order valence-corrected chi connectivity index (χ3v) is 4.76. The molecule has 0 saturated carbocycles. The van der Waals surface area contributed by atoms with Crippen LogP contribution < -0.4 is 5.32 Å². The van der Waals surface area contributed by atoms with E-state index in [1.165, 1.54) is 19.1 Å². The maximum absolute atomic E-state index is 14.6. The van der Waals surface area contributed by atoms with Crippen LogP contribution in [0.1, 0.15) is 50.9 Å². The summed E-state index contributed by atoms with van der Waals surface area (Å²) >= 11 is 0. The van der Waals surface area contributed by atoms with Crippen LogP contribution in [0.15, 0.2) is 40.7 Å². The van der Waals surface area contributed by atoms with Crippen molar-refractivity contribution in [3.05, 3.63) is 57.7 Å². The highest BCUT2D eigenvalue weighted by Gasteiger charge is 2.41. The second kappa shape index (κ2) is 10.2. The Labute approximate surface area is 179 Å². The lowest BCUT2D eigenvalue weighted by atomic mass is 9.77. The highest BCUT2D eigenvalue weighted by Crippen LogP contribution is 2.43. The summed E-state index contributed by atoms with van der Waals surface area (Å²) in [6.07, 6.45) is -1.73. The van der Waals surface area contributed by atoms with Gasteiger partial charge in [-0.15, -0.1) is 0 Å². The van der Waals surface area contributed by atoms with E-state index in [4.69, 9.17) is 14.2 Å². The molecule has 0 fully saturated rings. The molecule has 0 spiro atoms. The summed E-state index contributed by atoms with van der Waals surface area (Å²) in [6, 6.07) is 3.89. The van der Waals surface area contributed by atoms with Gasteiger partial charge in [0.05, 0.1) is 36.5 Å². The van der Waals surface area contributed by atoms with E-state index >= 15 is 0 Å². The van der Waals surface area contributed by atoms with Crippen LogP contribution in [0.3, 0.4) is 0 Å². The molecule has 0 aliphatic carbocycles. The minimum atomic E-state index is -1.73. The summed E-state index contributed by atoms with van der Waals surface area (Å²) < 4.78 is 44.1. The fraction of sp³-hybridized carbons (Fsp3) is 0.409. The molecule has 1 N–H and O–H groups in total. The van der Waals surface area contributed by atoms with Crippen LogP contribution in [0.5, 0.6) is 0 Å². The van der Waals surface area contributed by atoms with Crippen LogP contribution in [0.2, 0.25) is 0 Å². The second-order valence-electron chi connectivity index (χ2n) is 6.84. The first-order chi connectivity index (χ1) is 14.6. The smallest absolute Gasteiger partial charge is 0.336 e. The molecule has 31 heavy (non-hydrogen) atoms. The largest absolute Gasteiger partial charge is 0.466 e. The first-order valence-corrected chi connectivity index (χ1v) is 9.65. The topological polar surface area (TPSA) is 90.9 Å². The van der Waals surface area contributed by atoms with Gasteiger partial charge < -0.3 is 19.5 Å². The minimum Gasteiger partial charge on any atom is -0.466 e. The van der Waals surface area contributed by atoms with E-state index in [9.17, 15) is 23.2 Å². The monoisotopic (exact) mass is 437 g/mol. The SMILES string of the molecule is CCOC(=O)C1=C(COC(C)=O)NC(C)=C(C(=O)OC)C1c1cccc(F)c1C(C)F. The molecule has 1 aliphatic rings. The van der Waals surface area contributed by atoms with E-state index in [2.05, 4.69) is 5.32 Å². The minimum absolute atomic E-state index is 0.00960. The van der Waals surface area contributed by atoms with E-state index < -0.39 is 35.8 Å². The van der Waals surface area contributed by atoms with Gasteiger partial charge in [0.1, 0.15) is 18.6 Å². The molecule has 1 aromatic carbocycles. The Morgan fingerprint density at radius 2 is 1.84 bits per heavy atom. The van der Waals surface area contributed by atoms with Gasteiger partial charge in [-0.1, -0.05) is 12.1 Å². The standard InChI is InChI=1S/C22H25F2NO6/c1-6-30-22(28)20-16(10-31-13(4)26)25-12(3)18(21(27)29-5)19(20)14-8-7-9-15(24)17(14)11(2)23/h7-9,11,19,25H,6,10H2,1-5H3. The van der Waals surface area contributed by atoms with Crippen LogP contribution in [-0.4, -0.2) is 38.2 Å². The Bertz CT molecular complexity index is 951. The lowest BCUT2D eigenvalue weighted by Gasteiger charge is -2.32. The van der Waals surface area contributed by atoms with Gasteiger partial charge in [0, 0.05) is 18.2 Å². The van der Waals surface area contributed by atoms with Crippen molar-refractivity contribution in [3.63, 3.8) is 0 Å². The van der Waals surface area contributed by atoms with Gasteiger partial charge in [-0.05, 0) is 32.4 Å². The van der Waals surface area contributed by atoms with E-state index in [0.29, 0.717) is 0 Å². The number of hydrogen-bond acceptors (Lipinski definition) is 7. The fourth-order valence-electron chi connectivity index (χ4n) is 3.55. The molecule has 2 atom stereocenters. The Morgan fingerprint density at radius 1 is 1.16 bits per heavy atom. The second-order valence-corrected chi connectivity index (χ2v) is 6.84. The maximum atomic E-state index is 14.6. The molecule has 7 nitrogen and oxygen atoms in total. The quantitative estimate of drug-likeness (QED) is 0.517. The highest BCUT2D eigenvalue weighted by molar-refractivity contribution is 6.00. The molecule has 0 aromatic heterocycles. The number of dihydropyridines is 1. The number of allylic oxidation sites excluding steroid dienone is 1. The van der Waals surface area contributed by atoms with Gasteiger partial charge in [-0.25, -0.2) is 18.4 Å². The maximum Gasteiger partial charge on any atom is 0.336 e. The number of alkyl halides is 1. The first-order valence-electron chi connectivity index (χ1n) is 9.65. The van der Waals surface area contributed by atoms with Gasteiger partial charge in [-0.3, -0.25) is 4.79 Å². The number of carbonyl (C=O) groups excluding carboxylic acids is 3. The van der Waals surface area contributed by atoms with Crippen LogP contribution in [0.25, 0.3) is 0 Å². The molecule has 2 rings (SSSR count). The molecule has 2 unspecified atom stereocenters. The molecular formula is C22H25F2NO6. The fourth-order valence-corrected chi connectivity index (χ4v) is 3.55. The number of carbonyl (C=O) groups is 3. The number of nitrogens with one attached hydrogen (secondary N) is 1. The van der Waals surface area contributed by atoms with Crippen molar-refractivity contribution < 1.29 is 37.4 Å². The predicted octanol–water partition coefficient (Wildman–Crippen LogP) is 3.37. The number of halogens is 2. The number of benzene rings is 1. The number of hydrogen-bond donors (Lipinski definition) is 1. The molecule has 0 saturated heterocycles. The molecule has 0 radical (unpaired) electrons. The molecule has 168 valence electrons. The van der Waals surface area contributed by atoms with Crippen LogP contribution in [-0.2, 0) is 28.6 Å². The van der Waals surface area contributed by atoms with Crippen LogP contribution in [0.4, 0.5) is 8.78 Å². The van der Waals surface area contributed by atoms with Gasteiger partial charge in [-0.2, -0.15) is 0 Å². The van der Waals surface area contributed by atoms with Gasteiger partial charge in [0.25, 0.3) is 0 Å². The van der Waals surface area contributed by atoms with Crippen molar-refractivity contribution >= 4 is 17.9 Å². The lowest BCUT2D eigenvalue weighted by molar-refractivity contribution is -0.142. The normalized spacial score (nSPS) is 17.1. The van der Waals surface area contributed by atoms with Crippen molar-refractivity contribution in [1.29, 1.82) is 0 Å². The van der Waals surface area contributed by atoms with Crippen LogP contribution in [0, 0.1) is 5.82 Å². The predicted molar refractivity (Wildman–Crippen MR) is 107 cm³/mol. The summed E-state index contributed by atoms with van der Waals surface area (Å²) in [5.74, 6) is -4.24. The van der Waals surface area contributed by atoms with E-state index in [1.807, 2.05) is 0 Å². The molecular weight excluding hydrogens is 412 g/mol. The summed E-state index contributed by atoms with van der Waals surface area (Å²) in [6.45, 7) is 5.18. The number of methoxy groups -OCH3 is 1. The first kappa shape index (κ1) is 24.0. The summed E-state index contributed by atoms with van der Waals surface area (Å²) in [7, 11) is 1.16. The van der Waals surface area contributed by atoms with Crippen molar-refractivity contribution in [2.24, 2.45) is 0 Å². The van der Waals surface area contributed by atoms with E-state index in [0.717, 1.165) is 20.1 Å². The van der Waals surface area contributed by atoms with Crippen molar-refractivity contribution in [1.82, 2.24) is 5.32 Å². The van der Waals surface area contributed by atoms with Crippen molar-refractivity contribution in [2.45, 2.75) is 39.8 Å². The molecule has 1 heterocycles. The Morgan fingerprint density at radius 3 is 2.39 bits per heavy atom. The number of esters is 3. The van der Waals surface area contributed by atoms with Gasteiger partial charge in [0.15, 0.2) is 0 Å². The average molecular weight is 437 g/mol. The number of rotatable bonds is 7. The molecule has 1 aromatic rings. The Hall–Kier alpha value is -3.23. The third-order valence-electron chi connectivity index (χ3n) is 4.76. The Kier molecular flexibility index (Phi) is 7.90. The number of ether oxygens (including phenoxy) is 3. The zero-order valence-corrected chi connectivity index (χ0v) is 18.0. The summed E-state index contributed by atoms with van der Waals surface area (Å²) in [5, 5.41) is 2.88. The highest BCUT2D eigenvalue weighted by atomic mass is 19.1. The molecule has 1 aliphatic heterocycles. The molecule has 9 heteroatoms. The zero-order chi connectivity index (χ0) is 23.3. The molecule has 0 amide bonds. The van der Waals surface area contributed by atoms with E-state index in [1.54, 1.807) is 13.8 Å². The van der Waals surface area contributed by atoms with Gasteiger partial charge >= 0.3 is 17.9 Å². The molecule has 0 bridgehead atoms.